The largest absolute Gasteiger partial charge is 0.314 e. The lowest BCUT2D eigenvalue weighted by Crippen LogP contribution is -2.39. The molecule has 1 heteroatoms. The van der Waals surface area contributed by atoms with Crippen LogP contribution >= 0.6 is 0 Å². The lowest BCUT2D eigenvalue weighted by atomic mass is 9.78. The minimum atomic E-state index is 0.780. The van der Waals surface area contributed by atoms with Crippen LogP contribution in [0.2, 0.25) is 0 Å². The van der Waals surface area contributed by atoms with Crippen molar-refractivity contribution in [3.05, 3.63) is 35.9 Å². The summed E-state index contributed by atoms with van der Waals surface area (Å²) in [5, 5.41) is 3.76. The molecule has 100 valence electrons. The zero-order chi connectivity index (χ0) is 12.6. The molecule has 1 aliphatic rings. The summed E-state index contributed by atoms with van der Waals surface area (Å²) < 4.78 is 0. The number of aryl methyl sites for hydroxylation is 1. The van der Waals surface area contributed by atoms with Gasteiger partial charge in [0, 0.05) is 6.04 Å². The summed E-state index contributed by atoms with van der Waals surface area (Å²) in [6, 6.07) is 11.7. The molecular weight excluding hydrogens is 218 g/mol. The van der Waals surface area contributed by atoms with Crippen molar-refractivity contribution in [2.24, 2.45) is 5.92 Å². The summed E-state index contributed by atoms with van der Waals surface area (Å²) in [7, 11) is 0. The second kappa shape index (κ2) is 7.58. The van der Waals surface area contributed by atoms with Gasteiger partial charge in [-0.15, -0.1) is 0 Å². The first-order valence-corrected chi connectivity index (χ1v) is 7.67. The van der Waals surface area contributed by atoms with E-state index in [0.29, 0.717) is 0 Å². The Morgan fingerprint density at radius 1 is 1.22 bits per heavy atom. The average molecular weight is 245 g/mol. The molecule has 1 atom stereocenters. The minimum absolute atomic E-state index is 0.780. The van der Waals surface area contributed by atoms with E-state index in [9.17, 15) is 0 Å². The van der Waals surface area contributed by atoms with Crippen LogP contribution in [0.25, 0.3) is 0 Å². The summed E-state index contributed by atoms with van der Waals surface area (Å²) in [6.45, 7) is 3.45. The maximum atomic E-state index is 3.76. The summed E-state index contributed by atoms with van der Waals surface area (Å²) in [5.41, 5.74) is 1.49. The van der Waals surface area contributed by atoms with Gasteiger partial charge in [0.05, 0.1) is 0 Å². The Balaban J connectivity index is 1.71. The van der Waals surface area contributed by atoms with Crippen molar-refractivity contribution in [2.45, 2.75) is 57.9 Å². The lowest BCUT2D eigenvalue weighted by Gasteiger charge is -2.34. The molecule has 1 aromatic carbocycles. The predicted octanol–water partition coefficient (Wildman–Crippen LogP) is 4.18. The molecule has 0 spiro atoms. The van der Waals surface area contributed by atoms with E-state index >= 15 is 0 Å². The van der Waals surface area contributed by atoms with Crippen molar-refractivity contribution in [3.8, 4) is 0 Å². The van der Waals surface area contributed by atoms with Gasteiger partial charge in [0.2, 0.25) is 0 Å². The van der Waals surface area contributed by atoms with Gasteiger partial charge in [-0.05, 0) is 56.6 Å². The van der Waals surface area contributed by atoms with E-state index in [1.54, 1.807) is 0 Å². The molecule has 0 bridgehead atoms. The first-order valence-electron chi connectivity index (χ1n) is 7.67. The van der Waals surface area contributed by atoms with Gasteiger partial charge in [0.25, 0.3) is 0 Å². The molecule has 0 aliphatic heterocycles. The van der Waals surface area contributed by atoms with E-state index in [4.69, 9.17) is 0 Å². The van der Waals surface area contributed by atoms with Crippen molar-refractivity contribution in [2.75, 3.05) is 6.54 Å². The Kier molecular flexibility index (Phi) is 5.73. The second-order valence-electron chi connectivity index (χ2n) is 5.63. The highest BCUT2D eigenvalue weighted by Crippen LogP contribution is 2.31. The van der Waals surface area contributed by atoms with E-state index in [1.165, 1.54) is 57.1 Å². The van der Waals surface area contributed by atoms with Crippen molar-refractivity contribution in [3.63, 3.8) is 0 Å². The van der Waals surface area contributed by atoms with Gasteiger partial charge < -0.3 is 5.32 Å². The quantitative estimate of drug-likeness (QED) is 0.724. The maximum absolute atomic E-state index is 3.76. The fraction of sp³-hybridized carbons (Fsp3) is 0.647. The predicted molar refractivity (Wildman–Crippen MR) is 78.8 cm³/mol. The van der Waals surface area contributed by atoms with Gasteiger partial charge in [-0.3, -0.25) is 0 Å². The summed E-state index contributed by atoms with van der Waals surface area (Å²) in [5.74, 6) is 0.965. The Bertz CT molecular complexity index is 316. The molecule has 2 rings (SSSR count). The van der Waals surface area contributed by atoms with E-state index in [2.05, 4.69) is 42.6 Å². The Morgan fingerprint density at radius 3 is 2.61 bits per heavy atom. The van der Waals surface area contributed by atoms with Crippen LogP contribution in [0, 0.1) is 5.92 Å². The van der Waals surface area contributed by atoms with E-state index in [-0.39, 0.29) is 0 Å². The highest BCUT2D eigenvalue weighted by atomic mass is 14.9. The molecule has 1 nitrogen and oxygen atoms in total. The molecule has 1 aromatic rings. The zero-order valence-corrected chi connectivity index (χ0v) is 11.7. The first-order chi connectivity index (χ1) is 8.90. The molecule has 18 heavy (non-hydrogen) atoms. The topological polar surface area (TPSA) is 12.0 Å². The van der Waals surface area contributed by atoms with Crippen molar-refractivity contribution < 1.29 is 0 Å². The van der Waals surface area contributed by atoms with Gasteiger partial charge in [-0.1, -0.05) is 43.7 Å². The van der Waals surface area contributed by atoms with Gasteiger partial charge in [-0.25, -0.2) is 0 Å². The summed E-state index contributed by atoms with van der Waals surface area (Å²) in [4.78, 5) is 0. The van der Waals surface area contributed by atoms with E-state index in [0.717, 1.165) is 12.0 Å². The van der Waals surface area contributed by atoms with Crippen LogP contribution < -0.4 is 5.32 Å². The first kappa shape index (κ1) is 13.6. The van der Waals surface area contributed by atoms with Crippen LogP contribution in [0.4, 0.5) is 0 Å². The van der Waals surface area contributed by atoms with Gasteiger partial charge in [-0.2, -0.15) is 0 Å². The standard InChI is InChI=1S/C17H27N/c1-2-14-18-17(16-11-7-12-16)13-6-10-15-8-4-3-5-9-15/h3-5,8-9,16-18H,2,6-7,10-14H2,1H3. The third-order valence-corrected chi connectivity index (χ3v) is 4.20. The molecule has 1 fully saturated rings. The highest BCUT2D eigenvalue weighted by Gasteiger charge is 2.26. The average Bonchev–Trinajstić information content (AvgIpc) is 2.35. The number of nitrogens with one attached hydrogen (secondary N) is 1. The molecule has 1 aliphatic carbocycles. The fourth-order valence-corrected chi connectivity index (χ4v) is 2.85. The molecule has 0 heterocycles. The molecular formula is C17H27N. The normalized spacial score (nSPS) is 17.4. The monoisotopic (exact) mass is 245 g/mol. The third kappa shape index (κ3) is 4.13. The third-order valence-electron chi connectivity index (χ3n) is 4.20. The molecule has 0 saturated heterocycles. The molecule has 1 unspecified atom stereocenters. The smallest absolute Gasteiger partial charge is 0.00954 e. The van der Waals surface area contributed by atoms with Crippen molar-refractivity contribution in [1.29, 1.82) is 0 Å². The zero-order valence-electron chi connectivity index (χ0n) is 11.7. The van der Waals surface area contributed by atoms with Crippen LogP contribution in [-0.2, 0) is 6.42 Å². The molecule has 1 saturated carbocycles. The number of rotatable bonds is 8. The van der Waals surface area contributed by atoms with Gasteiger partial charge >= 0.3 is 0 Å². The Morgan fingerprint density at radius 2 is 2.00 bits per heavy atom. The van der Waals surface area contributed by atoms with E-state index < -0.39 is 0 Å². The number of hydrogen-bond acceptors (Lipinski definition) is 1. The van der Waals surface area contributed by atoms with Gasteiger partial charge in [0.1, 0.15) is 0 Å². The SMILES string of the molecule is CCCNC(CCCc1ccccc1)C1CCC1. The minimum Gasteiger partial charge on any atom is -0.314 e. The lowest BCUT2D eigenvalue weighted by molar-refractivity contribution is 0.217. The van der Waals surface area contributed by atoms with E-state index in [1.807, 2.05) is 0 Å². The summed E-state index contributed by atoms with van der Waals surface area (Å²) in [6.07, 6.45) is 9.51. The van der Waals surface area contributed by atoms with Crippen LogP contribution in [0.3, 0.4) is 0 Å². The van der Waals surface area contributed by atoms with Crippen molar-refractivity contribution in [1.82, 2.24) is 5.32 Å². The molecule has 0 amide bonds. The van der Waals surface area contributed by atoms with Crippen LogP contribution in [-0.4, -0.2) is 12.6 Å². The highest BCUT2D eigenvalue weighted by molar-refractivity contribution is 5.14. The van der Waals surface area contributed by atoms with Gasteiger partial charge in [0.15, 0.2) is 0 Å². The van der Waals surface area contributed by atoms with Crippen LogP contribution in [0.5, 0.6) is 0 Å². The molecule has 1 N–H and O–H groups in total. The Hall–Kier alpha value is -0.820. The van der Waals surface area contributed by atoms with Crippen molar-refractivity contribution >= 4 is 0 Å². The Labute approximate surface area is 112 Å². The summed E-state index contributed by atoms with van der Waals surface area (Å²) >= 11 is 0. The fourth-order valence-electron chi connectivity index (χ4n) is 2.85. The van der Waals surface area contributed by atoms with Crippen LogP contribution in [0.1, 0.15) is 51.0 Å². The molecule has 0 aromatic heterocycles. The van der Waals surface area contributed by atoms with Crippen LogP contribution in [0.15, 0.2) is 30.3 Å². The number of benzene rings is 1. The maximum Gasteiger partial charge on any atom is 0.00954 e. The number of hydrogen-bond donors (Lipinski definition) is 1. The molecule has 0 radical (unpaired) electrons. The second-order valence-corrected chi connectivity index (χ2v) is 5.63.